The molecule has 0 atom stereocenters. The lowest BCUT2D eigenvalue weighted by molar-refractivity contribution is 0.0528. The number of amides is 1. The summed E-state index contributed by atoms with van der Waals surface area (Å²) >= 11 is 0. The molecule has 0 heterocycles. The van der Waals surface area contributed by atoms with E-state index in [-0.39, 0.29) is 6.09 Å². The molecule has 4 nitrogen and oxygen atoms in total. The molecular weight excluding hydrogens is 288 g/mol. The van der Waals surface area contributed by atoms with Crippen LogP contribution >= 0.6 is 0 Å². The molecule has 4 heteroatoms. The van der Waals surface area contributed by atoms with Crippen molar-refractivity contribution in [3.63, 3.8) is 0 Å². The molecule has 0 aromatic heterocycles. The summed E-state index contributed by atoms with van der Waals surface area (Å²) in [5.41, 5.74) is 9.50. The number of carbonyl (C=O) groups is 1. The SMILES string of the molecule is CC(C)(C)OC(=O)NCCc1ccccc1-c1cccc(N)c1. The molecule has 2 aromatic carbocycles. The number of hydrogen-bond donors (Lipinski definition) is 2. The first kappa shape index (κ1) is 16.9. The molecule has 0 unspecified atom stereocenters. The van der Waals surface area contributed by atoms with Gasteiger partial charge in [-0.2, -0.15) is 0 Å². The Morgan fingerprint density at radius 3 is 2.57 bits per heavy atom. The molecule has 2 aromatic rings. The van der Waals surface area contributed by atoms with Crippen LogP contribution in [0, 0.1) is 0 Å². The largest absolute Gasteiger partial charge is 0.444 e. The lowest BCUT2D eigenvalue weighted by atomic mass is 9.97. The standard InChI is InChI=1S/C19H24N2O2/c1-19(2,3)23-18(22)21-12-11-14-7-4-5-10-17(14)15-8-6-9-16(20)13-15/h4-10,13H,11-12,20H2,1-3H3,(H,21,22). The molecule has 0 fully saturated rings. The van der Waals surface area contributed by atoms with Gasteiger partial charge in [-0.1, -0.05) is 36.4 Å². The van der Waals surface area contributed by atoms with Crippen LogP contribution in [0.5, 0.6) is 0 Å². The summed E-state index contributed by atoms with van der Waals surface area (Å²) in [6.07, 6.45) is 0.337. The number of carbonyl (C=O) groups excluding carboxylic acids is 1. The summed E-state index contributed by atoms with van der Waals surface area (Å²) < 4.78 is 5.24. The van der Waals surface area contributed by atoms with Gasteiger partial charge in [-0.25, -0.2) is 4.79 Å². The summed E-state index contributed by atoms with van der Waals surface area (Å²) in [7, 11) is 0. The number of nitrogens with two attached hydrogens (primary N) is 1. The van der Waals surface area contributed by atoms with Crippen molar-refractivity contribution in [2.24, 2.45) is 0 Å². The fourth-order valence-electron chi connectivity index (χ4n) is 2.34. The fraction of sp³-hybridized carbons (Fsp3) is 0.316. The summed E-state index contributed by atoms with van der Waals surface area (Å²) in [6, 6.07) is 15.9. The van der Waals surface area contributed by atoms with Gasteiger partial charge in [-0.05, 0) is 56.0 Å². The highest BCUT2D eigenvalue weighted by Gasteiger charge is 2.15. The molecule has 0 aliphatic carbocycles. The van der Waals surface area contributed by atoms with Crippen LogP contribution in [0.1, 0.15) is 26.3 Å². The van der Waals surface area contributed by atoms with E-state index in [2.05, 4.69) is 17.4 Å². The Hall–Kier alpha value is -2.49. The number of ether oxygens (including phenoxy) is 1. The van der Waals surface area contributed by atoms with E-state index >= 15 is 0 Å². The van der Waals surface area contributed by atoms with Crippen LogP contribution in [0.2, 0.25) is 0 Å². The third-order valence-corrected chi connectivity index (χ3v) is 3.28. The van der Waals surface area contributed by atoms with Crippen molar-refractivity contribution in [3.05, 3.63) is 54.1 Å². The second-order valence-corrected chi connectivity index (χ2v) is 6.46. The maximum Gasteiger partial charge on any atom is 0.407 e. The number of rotatable bonds is 4. The van der Waals surface area contributed by atoms with Crippen LogP contribution in [0.15, 0.2) is 48.5 Å². The number of benzene rings is 2. The Morgan fingerprint density at radius 2 is 1.87 bits per heavy atom. The van der Waals surface area contributed by atoms with Gasteiger partial charge in [-0.15, -0.1) is 0 Å². The van der Waals surface area contributed by atoms with Crippen molar-refractivity contribution in [1.82, 2.24) is 5.32 Å². The Morgan fingerprint density at radius 1 is 1.13 bits per heavy atom. The van der Waals surface area contributed by atoms with Gasteiger partial charge in [0.15, 0.2) is 0 Å². The van der Waals surface area contributed by atoms with Crippen LogP contribution in [-0.2, 0) is 11.2 Å². The van der Waals surface area contributed by atoms with E-state index in [1.807, 2.05) is 57.2 Å². The summed E-state index contributed by atoms with van der Waals surface area (Å²) in [5, 5.41) is 2.79. The minimum Gasteiger partial charge on any atom is -0.444 e. The molecule has 0 aliphatic heterocycles. The fourth-order valence-corrected chi connectivity index (χ4v) is 2.34. The topological polar surface area (TPSA) is 64.3 Å². The minimum absolute atomic E-state index is 0.390. The van der Waals surface area contributed by atoms with Gasteiger partial charge in [0.1, 0.15) is 5.60 Å². The zero-order valence-electron chi connectivity index (χ0n) is 13.9. The van der Waals surface area contributed by atoms with E-state index < -0.39 is 5.60 Å². The Bertz CT molecular complexity index is 675. The van der Waals surface area contributed by atoms with Crippen molar-refractivity contribution >= 4 is 11.8 Å². The molecule has 0 radical (unpaired) electrons. The van der Waals surface area contributed by atoms with Crippen molar-refractivity contribution in [3.8, 4) is 11.1 Å². The Kier molecular flexibility index (Phi) is 5.27. The van der Waals surface area contributed by atoms with Crippen LogP contribution in [-0.4, -0.2) is 18.2 Å². The van der Waals surface area contributed by atoms with Gasteiger partial charge in [0.05, 0.1) is 0 Å². The Labute approximate surface area is 137 Å². The lowest BCUT2D eigenvalue weighted by Crippen LogP contribution is -2.33. The smallest absolute Gasteiger partial charge is 0.407 e. The molecule has 1 amide bonds. The van der Waals surface area contributed by atoms with E-state index in [0.29, 0.717) is 6.54 Å². The monoisotopic (exact) mass is 312 g/mol. The number of alkyl carbamates (subject to hydrolysis) is 1. The highest BCUT2D eigenvalue weighted by Crippen LogP contribution is 2.25. The molecule has 0 bridgehead atoms. The van der Waals surface area contributed by atoms with Crippen molar-refractivity contribution in [2.45, 2.75) is 32.8 Å². The van der Waals surface area contributed by atoms with E-state index in [1.54, 1.807) is 0 Å². The highest BCUT2D eigenvalue weighted by molar-refractivity contribution is 5.71. The molecule has 0 saturated heterocycles. The average molecular weight is 312 g/mol. The van der Waals surface area contributed by atoms with Crippen LogP contribution in [0.3, 0.4) is 0 Å². The minimum atomic E-state index is -0.483. The van der Waals surface area contributed by atoms with Crippen molar-refractivity contribution < 1.29 is 9.53 Å². The first-order chi connectivity index (χ1) is 10.8. The average Bonchev–Trinajstić information content (AvgIpc) is 2.46. The van der Waals surface area contributed by atoms with E-state index in [9.17, 15) is 4.79 Å². The predicted octanol–water partition coefficient (Wildman–Crippen LogP) is 4.00. The predicted molar refractivity (Wildman–Crippen MR) is 94.2 cm³/mol. The maximum absolute atomic E-state index is 11.7. The molecular formula is C19H24N2O2. The van der Waals surface area contributed by atoms with Gasteiger partial charge in [0.2, 0.25) is 0 Å². The van der Waals surface area contributed by atoms with E-state index in [0.717, 1.165) is 28.8 Å². The van der Waals surface area contributed by atoms with Crippen LogP contribution in [0.4, 0.5) is 10.5 Å². The second kappa shape index (κ2) is 7.18. The summed E-state index contributed by atoms with van der Waals surface area (Å²) in [4.78, 5) is 11.7. The molecule has 0 saturated carbocycles. The van der Waals surface area contributed by atoms with Gasteiger partial charge in [-0.3, -0.25) is 0 Å². The van der Waals surface area contributed by atoms with Crippen molar-refractivity contribution in [2.75, 3.05) is 12.3 Å². The zero-order valence-corrected chi connectivity index (χ0v) is 13.9. The quantitative estimate of drug-likeness (QED) is 0.839. The number of nitrogens with one attached hydrogen (secondary N) is 1. The second-order valence-electron chi connectivity index (χ2n) is 6.46. The zero-order chi connectivity index (χ0) is 16.9. The number of hydrogen-bond acceptors (Lipinski definition) is 3. The summed E-state index contributed by atoms with van der Waals surface area (Å²) in [6.45, 7) is 6.07. The first-order valence-corrected chi connectivity index (χ1v) is 7.76. The molecule has 0 spiro atoms. The lowest BCUT2D eigenvalue weighted by Gasteiger charge is -2.19. The normalized spacial score (nSPS) is 11.1. The maximum atomic E-state index is 11.7. The van der Waals surface area contributed by atoms with Crippen LogP contribution in [0.25, 0.3) is 11.1 Å². The molecule has 0 aliphatic rings. The first-order valence-electron chi connectivity index (χ1n) is 7.76. The Balaban J connectivity index is 2.03. The van der Waals surface area contributed by atoms with E-state index in [1.165, 1.54) is 0 Å². The number of nitrogen functional groups attached to an aromatic ring is 1. The van der Waals surface area contributed by atoms with E-state index in [4.69, 9.17) is 10.5 Å². The summed E-state index contributed by atoms with van der Waals surface area (Å²) in [5.74, 6) is 0. The molecule has 23 heavy (non-hydrogen) atoms. The third kappa shape index (κ3) is 5.33. The van der Waals surface area contributed by atoms with Gasteiger partial charge < -0.3 is 15.8 Å². The molecule has 3 N–H and O–H groups in total. The number of anilines is 1. The van der Waals surface area contributed by atoms with Gasteiger partial charge >= 0.3 is 6.09 Å². The van der Waals surface area contributed by atoms with Gasteiger partial charge in [0.25, 0.3) is 0 Å². The molecule has 2 rings (SSSR count). The third-order valence-electron chi connectivity index (χ3n) is 3.28. The van der Waals surface area contributed by atoms with Crippen molar-refractivity contribution in [1.29, 1.82) is 0 Å². The highest BCUT2D eigenvalue weighted by atomic mass is 16.6. The van der Waals surface area contributed by atoms with Gasteiger partial charge in [0, 0.05) is 12.2 Å². The van der Waals surface area contributed by atoms with Crippen LogP contribution < -0.4 is 11.1 Å². The molecule has 122 valence electrons.